The number of aromatic nitrogens is 3. The van der Waals surface area contributed by atoms with Crippen LogP contribution in [-0.4, -0.2) is 56.3 Å². The van der Waals surface area contributed by atoms with Crippen molar-refractivity contribution in [2.75, 3.05) is 11.9 Å². The molecule has 1 unspecified atom stereocenters. The smallest absolute Gasteiger partial charge is 0.437 e. The van der Waals surface area contributed by atoms with Gasteiger partial charge in [0, 0.05) is 23.9 Å². The Bertz CT molecular complexity index is 1600. The van der Waals surface area contributed by atoms with Crippen molar-refractivity contribution in [2.24, 2.45) is 5.92 Å². The first-order valence-electron chi connectivity index (χ1n) is 13.4. The summed E-state index contributed by atoms with van der Waals surface area (Å²) in [6.45, 7) is 5.98. The third kappa shape index (κ3) is 7.31. The highest BCUT2D eigenvalue weighted by molar-refractivity contribution is 6.03. The van der Waals surface area contributed by atoms with Gasteiger partial charge in [0.25, 0.3) is 5.91 Å². The predicted octanol–water partition coefficient (Wildman–Crippen LogP) is 5.42. The van der Waals surface area contributed by atoms with Gasteiger partial charge in [0.05, 0.1) is 17.6 Å². The predicted molar refractivity (Wildman–Crippen MR) is 148 cm³/mol. The van der Waals surface area contributed by atoms with Crippen LogP contribution in [0, 0.1) is 5.92 Å². The quantitative estimate of drug-likeness (QED) is 0.329. The summed E-state index contributed by atoms with van der Waals surface area (Å²) < 4.78 is 53.1. The van der Waals surface area contributed by atoms with E-state index >= 15 is 0 Å². The Morgan fingerprint density at radius 2 is 1.98 bits per heavy atom. The van der Waals surface area contributed by atoms with E-state index in [-0.39, 0.29) is 22.8 Å². The highest BCUT2D eigenvalue weighted by Crippen LogP contribution is 2.35. The number of hydrogen-bond acceptors (Lipinski definition) is 8. The average Bonchev–Trinajstić information content (AvgIpc) is 3.41. The number of oxazole rings is 1. The van der Waals surface area contributed by atoms with Gasteiger partial charge in [-0.3, -0.25) is 14.9 Å². The van der Waals surface area contributed by atoms with Gasteiger partial charge < -0.3 is 19.4 Å². The van der Waals surface area contributed by atoms with Crippen molar-refractivity contribution in [2.45, 2.75) is 51.6 Å². The second-order valence-corrected chi connectivity index (χ2v) is 11.2. The number of amides is 2. The molecule has 0 radical (unpaired) electrons. The molecule has 226 valence electrons. The zero-order chi connectivity index (χ0) is 30.9. The maximum Gasteiger partial charge on any atom is 0.437 e. The van der Waals surface area contributed by atoms with E-state index in [1.807, 2.05) is 4.90 Å². The van der Waals surface area contributed by atoms with Crippen molar-refractivity contribution >= 4 is 29.5 Å². The van der Waals surface area contributed by atoms with Gasteiger partial charge in [-0.15, -0.1) is 0 Å². The first-order chi connectivity index (χ1) is 20.3. The molecule has 43 heavy (non-hydrogen) atoms. The van der Waals surface area contributed by atoms with Gasteiger partial charge >= 0.3 is 12.3 Å². The standard InChI is InChI=1S/C29H29F3N6O5/c1-28(2,3)43-27(41)35-23-12-19(9-10-37(23)13-17-7-8-17)26-34-22(16-42-26)25(40)33-21-14-38(36-24(21)29(30,31)32)20-6-4-5-18(11-20)15-39/h4-6,9-12,14-17,23H,7-8,13H2,1-3H3,(H,33,40)(H,35,41). The Hall–Kier alpha value is -4.88. The van der Waals surface area contributed by atoms with Gasteiger partial charge in [0.15, 0.2) is 11.4 Å². The minimum Gasteiger partial charge on any atom is -0.444 e. The molecule has 3 aromatic rings. The minimum absolute atomic E-state index is 0.0286. The average molecular weight is 599 g/mol. The summed E-state index contributed by atoms with van der Waals surface area (Å²) >= 11 is 0. The van der Waals surface area contributed by atoms with Crippen molar-refractivity contribution in [3.63, 3.8) is 0 Å². The van der Waals surface area contributed by atoms with Crippen molar-refractivity contribution in [1.82, 2.24) is 25.0 Å². The number of hydrogen-bond donors (Lipinski definition) is 2. The second kappa shape index (κ2) is 11.4. The highest BCUT2D eigenvalue weighted by Gasteiger charge is 2.38. The lowest BCUT2D eigenvalue weighted by atomic mass is 10.1. The molecule has 2 amide bonds. The fourth-order valence-electron chi connectivity index (χ4n) is 4.30. The summed E-state index contributed by atoms with van der Waals surface area (Å²) in [5, 5.41) is 8.61. The van der Waals surface area contributed by atoms with Crippen LogP contribution in [0.25, 0.3) is 11.3 Å². The number of nitrogens with zero attached hydrogens (tertiary/aromatic N) is 4. The summed E-state index contributed by atoms with van der Waals surface area (Å²) in [6.07, 6.45) is 3.87. The van der Waals surface area contributed by atoms with Crippen LogP contribution in [0.4, 0.5) is 23.7 Å². The Morgan fingerprint density at radius 1 is 1.21 bits per heavy atom. The Labute approximate surface area is 244 Å². The molecule has 0 bridgehead atoms. The van der Waals surface area contributed by atoms with Gasteiger partial charge in [0.2, 0.25) is 5.89 Å². The SMILES string of the molecule is CC(C)(C)OC(=O)NC1C=C(c2nc(C(=O)Nc3cn(-c4cccc(C=O)c4)nc3C(F)(F)F)co2)C=CN1CC1CC1. The number of allylic oxidation sites excluding steroid dienone is 2. The molecule has 0 spiro atoms. The van der Waals surface area contributed by atoms with E-state index in [0.717, 1.165) is 30.0 Å². The molecular formula is C29H29F3N6O5. The van der Waals surface area contributed by atoms with E-state index in [1.165, 1.54) is 24.3 Å². The first kappa shape index (κ1) is 29.6. The van der Waals surface area contributed by atoms with Gasteiger partial charge in [-0.2, -0.15) is 18.3 Å². The van der Waals surface area contributed by atoms with Crippen LogP contribution in [0.1, 0.15) is 66.0 Å². The number of carbonyl (C=O) groups is 3. The lowest BCUT2D eigenvalue weighted by Crippen LogP contribution is -2.48. The molecule has 1 fully saturated rings. The third-order valence-corrected chi connectivity index (χ3v) is 6.46. The topological polar surface area (TPSA) is 132 Å². The molecule has 14 heteroatoms. The first-order valence-corrected chi connectivity index (χ1v) is 13.4. The monoisotopic (exact) mass is 598 g/mol. The number of alkyl carbamates (subject to hydrolysis) is 1. The number of aldehydes is 1. The van der Waals surface area contributed by atoms with Gasteiger partial charge in [-0.25, -0.2) is 14.5 Å². The van der Waals surface area contributed by atoms with Crippen LogP contribution < -0.4 is 10.6 Å². The normalized spacial score (nSPS) is 16.9. The summed E-state index contributed by atoms with van der Waals surface area (Å²) in [7, 11) is 0. The van der Waals surface area contributed by atoms with Crippen molar-refractivity contribution in [3.8, 4) is 5.69 Å². The van der Waals surface area contributed by atoms with Crippen LogP contribution in [-0.2, 0) is 10.9 Å². The summed E-state index contributed by atoms with van der Waals surface area (Å²) in [5.74, 6) is -0.416. The van der Waals surface area contributed by atoms with Crippen LogP contribution in [0.3, 0.4) is 0 Å². The maximum absolute atomic E-state index is 13.8. The molecule has 2 N–H and O–H groups in total. The molecule has 2 aromatic heterocycles. The fourth-order valence-corrected chi connectivity index (χ4v) is 4.30. The van der Waals surface area contributed by atoms with E-state index in [0.29, 0.717) is 24.3 Å². The van der Waals surface area contributed by atoms with Crippen LogP contribution in [0.2, 0.25) is 0 Å². The molecule has 5 rings (SSSR count). The number of nitrogens with one attached hydrogen (secondary N) is 2. The Balaban J connectivity index is 1.35. The molecule has 1 atom stereocenters. The molecule has 1 aliphatic carbocycles. The van der Waals surface area contributed by atoms with Crippen molar-refractivity contribution in [1.29, 1.82) is 0 Å². The van der Waals surface area contributed by atoms with E-state index in [4.69, 9.17) is 9.15 Å². The lowest BCUT2D eigenvalue weighted by Gasteiger charge is -2.32. The van der Waals surface area contributed by atoms with E-state index < -0.39 is 41.3 Å². The van der Waals surface area contributed by atoms with Crippen molar-refractivity contribution < 1.29 is 36.7 Å². The molecule has 0 saturated heterocycles. The summed E-state index contributed by atoms with van der Waals surface area (Å²) in [6, 6.07) is 5.82. The molecule has 2 aliphatic rings. The number of alkyl halides is 3. The second-order valence-electron chi connectivity index (χ2n) is 11.2. The molecule has 11 nitrogen and oxygen atoms in total. The number of anilines is 1. The number of halogens is 3. The largest absolute Gasteiger partial charge is 0.444 e. The lowest BCUT2D eigenvalue weighted by molar-refractivity contribution is -0.140. The van der Waals surface area contributed by atoms with Crippen LogP contribution in [0.5, 0.6) is 0 Å². The summed E-state index contributed by atoms with van der Waals surface area (Å²) in [5.41, 5.74) is -2.02. The van der Waals surface area contributed by atoms with Gasteiger partial charge in [-0.1, -0.05) is 12.1 Å². The van der Waals surface area contributed by atoms with E-state index in [9.17, 15) is 27.6 Å². The highest BCUT2D eigenvalue weighted by atomic mass is 19.4. The zero-order valence-electron chi connectivity index (χ0n) is 23.5. The Morgan fingerprint density at radius 3 is 2.65 bits per heavy atom. The molecule has 1 aromatic carbocycles. The van der Waals surface area contributed by atoms with Gasteiger partial charge in [-0.05, 0) is 63.8 Å². The minimum atomic E-state index is -4.88. The number of ether oxygens (including phenoxy) is 1. The van der Waals surface area contributed by atoms with Crippen LogP contribution >= 0.6 is 0 Å². The molecule has 1 aliphatic heterocycles. The number of carbonyl (C=O) groups excluding carboxylic acids is 3. The van der Waals surface area contributed by atoms with E-state index in [2.05, 4.69) is 20.7 Å². The van der Waals surface area contributed by atoms with Crippen LogP contribution in [0.15, 0.2) is 59.5 Å². The van der Waals surface area contributed by atoms with Crippen molar-refractivity contribution in [3.05, 3.63) is 77.9 Å². The fraction of sp³-hybridized carbons (Fsp3) is 0.345. The molecule has 1 saturated carbocycles. The maximum atomic E-state index is 13.8. The molecule has 3 heterocycles. The third-order valence-electron chi connectivity index (χ3n) is 6.46. The van der Waals surface area contributed by atoms with E-state index in [1.54, 1.807) is 39.1 Å². The van der Waals surface area contributed by atoms with Gasteiger partial charge in [0.1, 0.15) is 24.3 Å². The number of benzene rings is 1. The Kier molecular flexibility index (Phi) is 7.86. The summed E-state index contributed by atoms with van der Waals surface area (Å²) in [4.78, 5) is 42.7. The number of rotatable bonds is 8. The molecular weight excluding hydrogens is 569 g/mol. The zero-order valence-corrected chi connectivity index (χ0v) is 23.5.